The van der Waals surface area contributed by atoms with Crippen LogP contribution in [0.1, 0.15) is 16.1 Å². The van der Waals surface area contributed by atoms with Crippen molar-refractivity contribution in [2.45, 2.75) is 0 Å². The van der Waals surface area contributed by atoms with Gasteiger partial charge in [0.25, 0.3) is 11.8 Å². The number of hydrogen-bond donors (Lipinski definition) is 1. The summed E-state index contributed by atoms with van der Waals surface area (Å²) < 4.78 is 6.75. The molecule has 1 aliphatic heterocycles. The van der Waals surface area contributed by atoms with E-state index in [2.05, 4.69) is 0 Å². The second kappa shape index (κ2) is 9.55. The Kier molecular flexibility index (Phi) is 6.37. The van der Waals surface area contributed by atoms with Crippen LogP contribution in [0.25, 0.3) is 11.8 Å². The number of barbiturate groups is 1. The molecule has 4 rings (SSSR count). The van der Waals surface area contributed by atoms with Crippen LogP contribution in [0.4, 0.5) is 10.5 Å². The third-order valence-electron chi connectivity index (χ3n) is 5.33. The van der Waals surface area contributed by atoms with E-state index in [4.69, 9.17) is 9.84 Å². The Labute approximate surface area is 195 Å². The molecule has 0 radical (unpaired) electrons. The van der Waals surface area contributed by atoms with Gasteiger partial charge in [-0.05, 0) is 54.6 Å². The van der Waals surface area contributed by atoms with Crippen molar-refractivity contribution in [1.29, 1.82) is 0 Å². The number of carboxylic acid groups (broad SMARTS) is 1. The minimum atomic E-state index is -1.04. The van der Waals surface area contributed by atoms with Gasteiger partial charge in [-0.15, -0.1) is 0 Å². The van der Waals surface area contributed by atoms with Gasteiger partial charge in [-0.2, -0.15) is 0 Å². The van der Waals surface area contributed by atoms with Crippen molar-refractivity contribution in [3.63, 3.8) is 0 Å². The molecular formula is C25H21N3O6. The van der Waals surface area contributed by atoms with Crippen molar-refractivity contribution in [3.05, 3.63) is 89.8 Å². The summed E-state index contributed by atoms with van der Waals surface area (Å²) in [5.41, 5.74) is 1.46. The molecule has 1 aliphatic rings. The minimum absolute atomic E-state index is 0.0141. The number of aromatic carboxylic acids is 1. The molecule has 1 N–H and O–H groups in total. The quantitative estimate of drug-likeness (QED) is 0.429. The normalized spacial score (nSPS) is 15.3. The molecule has 1 aromatic heterocycles. The molecule has 172 valence electrons. The molecule has 3 aromatic rings. The average Bonchev–Trinajstić information content (AvgIpc) is 3.31. The number of hydrogen-bond acceptors (Lipinski definition) is 5. The Hall–Kier alpha value is -4.50. The van der Waals surface area contributed by atoms with Gasteiger partial charge < -0.3 is 14.4 Å². The lowest BCUT2D eigenvalue weighted by molar-refractivity contribution is -0.129. The number of rotatable bonds is 7. The number of benzene rings is 2. The maximum absolute atomic E-state index is 13.3. The highest BCUT2D eigenvalue weighted by atomic mass is 16.5. The van der Waals surface area contributed by atoms with Gasteiger partial charge >= 0.3 is 12.0 Å². The highest BCUT2D eigenvalue weighted by molar-refractivity contribution is 6.39. The number of urea groups is 1. The van der Waals surface area contributed by atoms with E-state index in [1.807, 2.05) is 0 Å². The molecule has 0 atom stereocenters. The molecule has 0 unspecified atom stereocenters. The van der Waals surface area contributed by atoms with Crippen LogP contribution >= 0.6 is 0 Å². The number of imide groups is 2. The predicted octanol–water partition coefficient (Wildman–Crippen LogP) is 3.20. The number of anilines is 1. The van der Waals surface area contributed by atoms with E-state index < -0.39 is 23.8 Å². The fraction of sp³-hybridized carbons (Fsp3) is 0.120. The maximum atomic E-state index is 13.3. The van der Waals surface area contributed by atoms with Gasteiger partial charge in [0.05, 0.1) is 24.4 Å². The molecule has 4 amide bonds. The summed E-state index contributed by atoms with van der Waals surface area (Å²) in [5, 5.41) is 9.13. The highest BCUT2D eigenvalue weighted by Crippen LogP contribution is 2.26. The second-order valence-electron chi connectivity index (χ2n) is 7.42. The van der Waals surface area contributed by atoms with Crippen molar-refractivity contribution in [2.24, 2.45) is 0 Å². The summed E-state index contributed by atoms with van der Waals surface area (Å²) in [6.07, 6.45) is 3.15. The van der Waals surface area contributed by atoms with Crippen molar-refractivity contribution < 1.29 is 29.0 Å². The smallest absolute Gasteiger partial charge is 0.338 e. The van der Waals surface area contributed by atoms with Crippen LogP contribution in [-0.2, 0) is 14.3 Å². The first kappa shape index (κ1) is 22.7. The van der Waals surface area contributed by atoms with Crippen LogP contribution in [0, 0.1) is 0 Å². The lowest BCUT2D eigenvalue weighted by atomic mass is 10.1. The van der Waals surface area contributed by atoms with Crippen LogP contribution in [-0.4, -0.2) is 58.6 Å². The number of ether oxygens (including phenoxy) is 1. The van der Waals surface area contributed by atoms with E-state index in [1.165, 1.54) is 25.3 Å². The molecule has 9 heteroatoms. The van der Waals surface area contributed by atoms with Crippen LogP contribution in [0.2, 0.25) is 0 Å². The zero-order valence-corrected chi connectivity index (χ0v) is 18.2. The standard InChI is InChI=1S/C25H21N3O6/c1-34-15-14-27-22(29)21(23(30)28(25(27)33)19-6-3-2-4-7-19)16-20-8-5-13-26(20)18-11-9-17(10-12-18)24(31)32/h2-13,16H,14-15H2,1H3,(H,31,32)/b21-16-. The lowest BCUT2D eigenvalue weighted by Crippen LogP contribution is -2.57. The van der Waals surface area contributed by atoms with E-state index in [-0.39, 0.29) is 24.3 Å². The molecule has 2 aromatic carbocycles. The van der Waals surface area contributed by atoms with Gasteiger partial charge in [0.2, 0.25) is 0 Å². The molecule has 1 fully saturated rings. The summed E-state index contributed by atoms with van der Waals surface area (Å²) in [6, 6.07) is 17.3. The van der Waals surface area contributed by atoms with Gasteiger partial charge in [-0.3, -0.25) is 14.5 Å². The number of carboxylic acids is 1. The SMILES string of the molecule is COCCN1C(=O)/C(=C/c2cccn2-c2ccc(C(=O)O)cc2)C(=O)N(c2ccccc2)C1=O. The Morgan fingerprint density at radius 1 is 0.912 bits per heavy atom. The third kappa shape index (κ3) is 4.24. The number of nitrogens with zero attached hydrogens (tertiary/aromatic N) is 3. The van der Waals surface area contributed by atoms with E-state index in [0.717, 1.165) is 9.80 Å². The number of para-hydroxylation sites is 1. The summed E-state index contributed by atoms with van der Waals surface area (Å²) in [6.45, 7) is 0.105. The summed E-state index contributed by atoms with van der Waals surface area (Å²) in [5.74, 6) is -2.49. The van der Waals surface area contributed by atoms with Crippen LogP contribution < -0.4 is 4.90 Å². The number of carbonyl (C=O) groups is 4. The van der Waals surface area contributed by atoms with E-state index in [9.17, 15) is 19.2 Å². The Morgan fingerprint density at radius 2 is 1.62 bits per heavy atom. The Bertz CT molecular complexity index is 1280. The van der Waals surface area contributed by atoms with Gasteiger partial charge in [-0.1, -0.05) is 18.2 Å². The fourth-order valence-electron chi connectivity index (χ4n) is 3.62. The molecule has 0 spiro atoms. The summed E-state index contributed by atoms with van der Waals surface area (Å²) in [7, 11) is 1.46. The largest absolute Gasteiger partial charge is 0.478 e. The predicted molar refractivity (Wildman–Crippen MR) is 124 cm³/mol. The monoisotopic (exact) mass is 459 g/mol. The van der Waals surface area contributed by atoms with E-state index in [1.54, 1.807) is 65.4 Å². The molecule has 1 saturated heterocycles. The van der Waals surface area contributed by atoms with E-state index in [0.29, 0.717) is 17.1 Å². The zero-order chi connectivity index (χ0) is 24.2. The van der Waals surface area contributed by atoms with Crippen molar-refractivity contribution in [1.82, 2.24) is 9.47 Å². The fourth-order valence-corrected chi connectivity index (χ4v) is 3.62. The van der Waals surface area contributed by atoms with Crippen LogP contribution in [0.5, 0.6) is 0 Å². The zero-order valence-electron chi connectivity index (χ0n) is 18.2. The van der Waals surface area contributed by atoms with Gasteiger partial charge in [0.15, 0.2) is 0 Å². The second-order valence-corrected chi connectivity index (χ2v) is 7.42. The molecule has 0 aliphatic carbocycles. The summed E-state index contributed by atoms with van der Waals surface area (Å²) >= 11 is 0. The van der Waals surface area contributed by atoms with Gasteiger partial charge in [0.1, 0.15) is 5.57 Å². The molecule has 9 nitrogen and oxygen atoms in total. The molecule has 0 saturated carbocycles. The van der Waals surface area contributed by atoms with Crippen LogP contribution in [0.3, 0.4) is 0 Å². The minimum Gasteiger partial charge on any atom is -0.478 e. The highest BCUT2D eigenvalue weighted by Gasteiger charge is 2.42. The van der Waals surface area contributed by atoms with Gasteiger partial charge in [-0.25, -0.2) is 14.5 Å². The van der Waals surface area contributed by atoms with Crippen molar-refractivity contribution in [3.8, 4) is 5.69 Å². The number of aromatic nitrogens is 1. The topological polar surface area (TPSA) is 109 Å². The molecule has 0 bridgehead atoms. The van der Waals surface area contributed by atoms with Gasteiger partial charge in [0, 0.05) is 24.7 Å². The number of amides is 4. The van der Waals surface area contributed by atoms with Crippen molar-refractivity contribution in [2.75, 3.05) is 25.2 Å². The van der Waals surface area contributed by atoms with Crippen LogP contribution in [0.15, 0.2) is 78.5 Å². The first-order valence-corrected chi connectivity index (χ1v) is 10.4. The number of methoxy groups -OCH3 is 1. The number of carbonyl (C=O) groups excluding carboxylic acids is 3. The lowest BCUT2D eigenvalue weighted by Gasteiger charge is -2.33. The first-order valence-electron chi connectivity index (χ1n) is 10.4. The average molecular weight is 459 g/mol. The first-order chi connectivity index (χ1) is 16.4. The summed E-state index contributed by atoms with van der Waals surface area (Å²) in [4.78, 5) is 52.7. The Morgan fingerprint density at radius 3 is 2.26 bits per heavy atom. The molecular weight excluding hydrogens is 438 g/mol. The Balaban J connectivity index is 1.76. The maximum Gasteiger partial charge on any atom is 0.338 e. The molecule has 2 heterocycles. The third-order valence-corrected chi connectivity index (χ3v) is 5.33. The molecule has 34 heavy (non-hydrogen) atoms. The van der Waals surface area contributed by atoms with E-state index >= 15 is 0 Å². The van der Waals surface area contributed by atoms with Crippen molar-refractivity contribution >= 4 is 35.6 Å².